The second kappa shape index (κ2) is 4.09. The predicted molar refractivity (Wildman–Crippen MR) is 55.8 cm³/mol. The molecular formula is C12H17FO. The molecule has 0 aliphatic carbocycles. The lowest BCUT2D eigenvalue weighted by Gasteiger charge is -2.22. The van der Waals surface area contributed by atoms with Crippen molar-refractivity contribution in [2.45, 2.75) is 32.8 Å². The lowest BCUT2D eigenvalue weighted by molar-refractivity contribution is 0.179. The molecule has 0 heterocycles. The Morgan fingerprint density at radius 2 is 1.93 bits per heavy atom. The first kappa shape index (κ1) is 11.2. The van der Waals surface area contributed by atoms with Gasteiger partial charge in [0.1, 0.15) is 5.82 Å². The van der Waals surface area contributed by atoms with Crippen LogP contribution in [0.2, 0.25) is 0 Å². The van der Waals surface area contributed by atoms with Crippen molar-refractivity contribution >= 4 is 0 Å². The van der Waals surface area contributed by atoms with Crippen LogP contribution in [0, 0.1) is 5.82 Å². The van der Waals surface area contributed by atoms with E-state index in [2.05, 4.69) is 20.8 Å². The highest BCUT2D eigenvalue weighted by Gasteiger charge is 2.19. The van der Waals surface area contributed by atoms with Gasteiger partial charge in [0.05, 0.1) is 6.61 Å². The highest BCUT2D eigenvalue weighted by atomic mass is 19.1. The molecule has 0 saturated carbocycles. The fourth-order valence-electron chi connectivity index (χ4n) is 1.55. The topological polar surface area (TPSA) is 9.23 Å². The van der Waals surface area contributed by atoms with E-state index in [0.29, 0.717) is 12.2 Å². The lowest BCUT2D eigenvalue weighted by Crippen LogP contribution is -2.15. The quantitative estimate of drug-likeness (QED) is 0.705. The fourth-order valence-corrected chi connectivity index (χ4v) is 1.55. The first-order chi connectivity index (χ1) is 6.46. The smallest absolute Gasteiger partial charge is 0.129 e. The molecule has 14 heavy (non-hydrogen) atoms. The van der Waals surface area contributed by atoms with Crippen molar-refractivity contribution in [3.8, 4) is 0 Å². The molecule has 0 aliphatic heterocycles. The van der Waals surface area contributed by atoms with Crippen molar-refractivity contribution in [1.82, 2.24) is 0 Å². The van der Waals surface area contributed by atoms with Gasteiger partial charge in [-0.2, -0.15) is 0 Å². The maximum atomic E-state index is 13.5. The summed E-state index contributed by atoms with van der Waals surface area (Å²) in [7, 11) is 1.58. The van der Waals surface area contributed by atoms with E-state index in [1.807, 2.05) is 6.07 Å². The van der Waals surface area contributed by atoms with E-state index < -0.39 is 0 Å². The number of hydrogen-bond donors (Lipinski definition) is 0. The van der Waals surface area contributed by atoms with Crippen molar-refractivity contribution in [2.24, 2.45) is 0 Å². The molecule has 1 nitrogen and oxygen atoms in total. The van der Waals surface area contributed by atoms with Crippen LogP contribution >= 0.6 is 0 Å². The lowest BCUT2D eigenvalue weighted by atomic mass is 9.84. The third-order valence-electron chi connectivity index (χ3n) is 2.22. The van der Waals surface area contributed by atoms with Crippen LogP contribution in [0.4, 0.5) is 4.39 Å². The van der Waals surface area contributed by atoms with Crippen LogP contribution in [-0.4, -0.2) is 7.11 Å². The number of halogens is 1. The molecule has 0 bridgehead atoms. The highest BCUT2D eigenvalue weighted by molar-refractivity contribution is 5.33. The van der Waals surface area contributed by atoms with Crippen molar-refractivity contribution in [3.05, 3.63) is 35.1 Å². The van der Waals surface area contributed by atoms with Gasteiger partial charge in [0.25, 0.3) is 0 Å². The first-order valence-electron chi connectivity index (χ1n) is 4.73. The average Bonchev–Trinajstić information content (AvgIpc) is 2.07. The number of hydrogen-bond acceptors (Lipinski definition) is 1. The number of benzene rings is 1. The van der Waals surface area contributed by atoms with Crippen molar-refractivity contribution < 1.29 is 9.13 Å². The Bertz CT molecular complexity index is 313. The average molecular weight is 196 g/mol. The van der Waals surface area contributed by atoms with Gasteiger partial charge in [0.15, 0.2) is 0 Å². The van der Waals surface area contributed by atoms with E-state index in [-0.39, 0.29) is 11.2 Å². The van der Waals surface area contributed by atoms with Gasteiger partial charge in [-0.1, -0.05) is 32.9 Å². The molecule has 0 fully saturated rings. The van der Waals surface area contributed by atoms with E-state index in [0.717, 1.165) is 5.56 Å². The van der Waals surface area contributed by atoms with Gasteiger partial charge < -0.3 is 4.74 Å². The van der Waals surface area contributed by atoms with E-state index >= 15 is 0 Å². The largest absolute Gasteiger partial charge is 0.380 e. The molecule has 0 radical (unpaired) electrons. The summed E-state index contributed by atoms with van der Waals surface area (Å²) in [6.07, 6.45) is 0. The SMILES string of the molecule is COCc1c(F)cccc1C(C)(C)C. The Morgan fingerprint density at radius 1 is 1.29 bits per heavy atom. The molecular weight excluding hydrogens is 179 g/mol. The Hall–Kier alpha value is -0.890. The molecule has 0 aromatic heterocycles. The molecule has 1 aromatic carbocycles. The monoisotopic (exact) mass is 196 g/mol. The third-order valence-corrected chi connectivity index (χ3v) is 2.22. The fraction of sp³-hybridized carbons (Fsp3) is 0.500. The van der Waals surface area contributed by atoms with E-state index in [9.17, 15) is 4.39 Å². The van der Waals surface area contributed by atoms with Crippen LogP contribution in [0.1, 0.15) is 31.9 Å². The Kier molecular flexibility index (Phi) is 3.27. The standard InChI is InChI=1S/C12H17FO/c1-12(2,3)10-6-5-7-11(13)9(10)8-14-4/h5-7H,8H2,1-4H3. The van der Waals surface area contributed by atoms with Gasteiger partial charge in [-0.05, 0) is 17.0 Å². The molecule has 2 heteroatoms. The maximum absolute atomic E-state index is 13.5. The summed E-state index contributed by atoms with van der Waals surface area (Å²) in [4.78, 5) is 0. The van der Waals surface area contributed by atoms with Crippen molar-refractivity contribution in [1.29, 1.82) is 0 Å². The van der Waals surface area contributed by atoms with Gasteiger partial charge in [0, 0.05) is 12.7 Å². The predicted octanol–water partition coefficient (Wildman–Crippen LogP) is 3.27. The highest BCUT2D eigenvalue weighted by Crippen LogP contribution is 2.27. The summed E-state index contributed by atoms with van der Waals surface area (Å²) < 4.78 is 18.5. The summed E-state index contributed by atoms with van der Waals surface area (Å²) in [5.74, 6) is -0.181. The van der Waals surface area contributed by atoms with E-state index in [1.54, 1.807) is 13.2 Å². The molecule has 0 spiro atoms. The minimum absolute atomic E-state index is 0.0457. The van der Waals surface area contributed by atoms with Gasteiger partial charge in [-0.3, -0.25) is 0 Å². The Labute approximate surface area is 84.9 Å². The molecule has 1 rings (SSSR count). The van der Waals surface area contributed by atoms with Gasteiger partial charge in [-0.15, -0.1) is 0 Å². The number of rotatable bonds is 2. The molecule has 1 aromatic rings. The van der Waals surface area contributed by atoms with Crippen molar-refractivity contribution in [3.63, 3.8) is 0 Å². The van der Waals surface area contributed by atoms with Crippen LogP contribution in [0.5, 0.6) is 0 Å². The molecule has 0 unspecified atom stereocenters. The zero-order valence-corrected chi connectivity index (χ0v) is 9.23. The van der Waals surface area contributed by atoms with Crippen LogP contribution in [0.15, 0.2) is 18.2 Å². The molecule has 0 N–H and O–H groups in total. The first-order valence-corrected chi connectivity index (χ1v) is 4.73. The minimum atomic E-state index is -0.181. The molecule has 78 valence electrons. The van der Waals surface area contributed by atoms with Crippen molar-refractivity contribution in [2.75, 3.05) is 7.11 Å². The maximum Gasteiger partial charge on any atom is 0.129 e. The summed E-state index contributed by atoms with van der Waals surface area (Å²) in [5, 5.41) is 0. The molecule has 0 aliphatic rings. The van der Waals surface area contributed by atoms with Crippen LogP contribution < -0.4 is 0 Å². The third kappa shape index (κ3) is 2.32. The van der Waals surface area contributed by atoms with Crippen LogP contribution in [-0.2, 0) is 16.8 Å². The summed E-state index contributed by atoms with van der Waals surface area (Å²) in [5.41, 5.74) is 1.64. The summed E-state index contributed by atoms with van der Waals surface area (Å²) >= 11 is 0. The molecule has 0 amide bonds. The normalized spacial score (nSPS) is 11.8. The van der Waals surface area contributed by atoms with Crippen LogP contribution in [0.3, 0.4) is 0 Å². The van der Waals surface area contributed by atoms with Gasteiger partial charge >= 0.3 is 0 Å². The molecule has 0 atom stereocenters. The Balaban J connectivity index is 3.21. The summed E-state index contributed by atoms with van der Waals surface area (Å²) in [6.45, 7) is 6.54. The Morgan fingerprint density at radius 3 is 2.43 bits per heavy atom. The number of methoxy groups -OCH3 is 1. The van der Waals surface area contributed by atoms with Crippen LogP contribution in [0.25, 0.3) is 0 Å². The second-order valence-electron chi connectivity index (χ2n) is 4.45. The molecule has 0 saturated heterocycles. The summed E-state index contributed by atoms with van der Waals surface area (Å²) in [6, 6.07) is 5.18. The minimum Gasteiger partial charge on any atom is -0.380 e. The zero-order chi connectivity index (χ0) is 10.8. The van der Waals surface area contributed by atoms with Gasteiger partial charge in [0.2, 0.25) is 0 Å². The van der Waals surface area contributed by atoms with E-state index in [4.69, 9.17) is 4.74 Å². The zero-order valence-electron chi connectivity index (χ0n) is 9.23. The van der Waals surface area contributed by atoms with Gasteiger partial charge in [-0.25, -0.2) is 4.39 Å². The van der Waals surface area contributed by atoms with E-state index in [1.165, 1.54) is 6.07 Å². The number of ether oxygens (including phenoxy) is 1. The second-order valence-corrected chi connectivity index (χ2v) is 4.45.